The predicted molar refractivity (Wildman–Crippen MR) is 77.3 cm³/mol. The Bertz CT molecular complexity index is 400. The molecule has 0 fully saturated rings. The Hall–Kier alpha value is -0.720. The van der Waals surface area contributed by atoms with Crippen LogP contribution in [0.2, 0.25) is 0 Å². The summed E-state index contributed by atoms with van der Waals surface area (Å²) < 4.78 is 0. The molecule has 7 heteroatoms. The van der Waals surface area contributed by atoms with Crippen LogP contribution in [0.25, 0.3) is 0 Å². The van der Waals surface area contributed by atoms with E-state index in [-0.39, 0.29) is 23.7 Å². The summed E-state index contributed by atoms with van der Waals surface area (Å²) in [5.74, 6) is 0.0957. The quantitative estimate of drug-likeness (QED) is 0.896. The van der Waals surface area contributed by atoms with Gasteiger partial charge in [0.2, 0.25) is 11.0 Å². The third kappa shape index (κ3) is 4.51. The molecule has 1 atom stereocenters. The van der Waals surface area contributed by atoms with E-state index in [1.165, 1.54) is 11.3 Å². The fraction of sp³-hybridized carbons (Fsp3) is 0.727. The smallest absolute Gasteiger partial charge is 0.243 e. The van der Waals surface area contributed by atoms with Gasteiger partial charge in [-0.3, -0.25) is 10.1 Å². The third-order valence-electron chi connectivity index (χ3n) is 2.38. The van der Waals surface area contributed by atoms with E-state index < -0.39 is 6.04 Å². The summed E-state index contributed by atoms with van der Waals surface area (Å²) in [6.45, 7) is 9.85. The number of amides is 1. The maximum absolute atomic E-state index is 11.8. The molecule has 0 unspecified atom stereocenters. The van der Waals surface area contributed by atoms with Crippen LogP contribution in [0.1, 0.15) is 45.5 Å². The molecule has 0 bridgehead atoms. The van der Waals surface area contributed by atoms with E-state index in [4.69, 9.17) is 5.73 Å². The van der Waals surface area contributed by atoms with Crippen molar-refractivity contribution in [3.63, 3.8) is 0 Å². The molecular weight excluding hydrogens is 272 g/mol. The van der Waals surface area contributed by atoms with Crippen LogP contribution in [-0.4, -0.2) is 22.1 Å². The summed E-state index contributed by atoms with van der Waals surface area (Å²) in [7, 11) is 0. The van der Waals surface area contributed by atoms with Gasteiger partial charge in [-0.15, -0.1) is 22.6 Å². The van der Waals surface area contributed by atoms with Gasteiger partial charge in [-0.25, -0.2) is 0 Å². The number of nitrogens with one attached hydrogen (secondary N) is 1. The van der Waals surface area contributed by atoms with Gasteiger partial charge in [-0.2, -0.15) is 0 Å². The lowest BCUT2D eigenvalue weighted by Gasteiger charge is -2.25. The molecule has 0 spiro atoms. The molecule has 0 aliphatic heterocycles. The Labute approximate surface area is 118 Å². The summed E-state index contributed by atoms with van der Waals surface area (Å²) in [5, 5.41) is 12.1. The van der Waals surface area contributed by atoms with E-state index in [1.807, 2.05) is 34.6 Å². The zero-order chi connectivity index (χ0) is 13.2. The summed E-state index contributed by atoms with van der Waals surface area (Å²) in [4.78, 5) is 11.8. The van der Waals surface area contributed by atoms with E-state index in [0.29, 0.717) is 11.0 Å². The maximum atomic E-state index is 11.8. The van der Waals surface area contributed by atoms with Crippen LogP contribution >= 0.6 is 23.7 Å². The van der Waals surface area contributed by atoms with Crippen LogP contribution in [0.15, 0.2) is 0 Å². The lowest BCUT2D eigenvalue weighted by molar-refractivity contribution is -0.119. The van der Waals surface area contributed by atoms with Crippen LogP contribution in [0.5, 0.6) is 0 Å². The first-order chi connectivity index (χ1) is 7.71. The number of aromatic nitrogens is 2. The van der Waals surface area contributed by atoms with Crippen LogP contribution in [0, 0.1) is 5.41 Å². The van der Waals surface area contributed by atoms with E-state index in [2.05, 4.69) is 15.5 Å². The molecule has 1 rings (SSSR count). The normalized spacial score (nSPS) is 13.1. The average molecular weight is 293 g/mol. The minimum atomic E-state index is -0.561. The number of rotatable bonds is 3. The van der Waals surface area contributed by atoms with Crippen molar-refractivity contribution in [2.45, 2.75) is 46.6 Å². The number of hydrogen-bond donors (Lipinski definition) is 2. The van der Waals surface area contributed by atoms with Crippen LogP contribution in [0.4, 0.5) is 5.13 Å². The fourth-order valence-corrected chi connectivity index (χ4v) is 1.84. The highest BCUT2D eigenvalue weighted by molar-refractivity contribution is 7.15. The van der Waals surface area contributed by atoms with Crippen LogP contribution in [0.3, 0.4) is 0 Å². The van der Waals surface area contributed by atoms with Gasteiger partial charge in [-0.05, 0) is 5.41 Å². The lowest BCUT2D eigenvalue weighted by atomic mass is 9.87. The first kappa shape index (κ1) is 17.3. The second kappa shape index (κ2) is 6.45. The topological polar surface area (TPSA) is 80.9 Å². The highest BCUT2D eigenvalue weighted by Crippen LogP contribution is 2.24. The first-order valence-corrected chi connectivity index (χ1v) is 6.43. The Morgan fingerprint density at radius 1 is 1.33 bits per heavy atom. The van der Waals surface area contributed by atoms with Gasteiger partial charge in [0.05, 0.1) is 6.04 Å². The van der Waals surface area contributed by atoms with Crippen molar-refractivity contribution in [2.24, 2.45) is 11.1 Å². The number of halogens is 1. The molecule has 0 aromatic carbocycles. The van der Waals surface area contributed by atoms with Crippen LogP contribution < -0.4 is 11.1 Å². The molecule has 0 aliphatic rings. The molecule has 0 saturated carbocycles. The first-order valence-electron chi connectivity index (χ1n) is 5.61. The molecule has 3 N–H and O–H groups in total. The van der Waals surface area contributed by atoms with E-state index in [1.54, 1.807) is 0 Å². The molecule has 18 heavy (non-hydrogen) atoms. The molecule has 1 aromatic rings. The molecule has 1 amide bonds. The molecule has 104 valence electrons. The van der Waals surface area contributed by atoms with Crippen molar-refractivity contribution in [3.05, 3.63) is 5.01 Å². The van der Waals surface area contributed by atoms with Crippen molar-refractivity contribution < 1.29 is 4.79 Å². The van der Waals surface area contributed by atoms with E-state index in [0.717, 1.165) is 5.01 Å². The zero-order valence-electron chi connectivity index (χ0n) is 11.4. The van der Waals surface area contributed by atoms with Crippen molar-refractivity contribution in [2.75, 3.05) is 5.32 Å². The van der Waals surface area contributed by atoms with Gasteiger partial charge in [0, 0.05) is 5.92 Å². The Kier molecular flexibility index (Phi) is 6.19. The predicted octanol–water partition coefficient (Wildman–Crippen LogP) is 2.40. The Morgan fingerprint density at radius 2 is 1.89 bits per heavy atom. The van der Waals surface area contributed by atoms with Gasteiger partial charge in [0.15, 0.2) is 0 Å². The van der Waals surface area contributed by atoms with E-state index in [9.17, 15) is 4.79 Å². The largest absolute Gasteiger partial charge is 0.319 e. The third-order valence-corrected chi connectivity index (χ3v) is 3.52. The molecular formula is C11H21ClN4OS. The summed E-state index contributed by atoms with van der Waals surface area (Å²) in [6, 6.07) is -0.561. The highest BCUT2D eigenvalue weighted by atomic mass is 35.5. The highest BCUT2D eigenvalue weighted by Gasteiger charge is 2.28. The zero-order valence-corrected chi connectivity index (χ0v) is 13.0. The maximum Gasteiger partial charge on any atom is 0.243 e. The van der Waals surface area contributed by atoms with Crippen LogP contribution in [-0.2, 0) is 4.79 Å². The molecule has 1 aromatic heterocycles. The molecule has 0 radical (unpaired) electrons. The van der Waals surface area contributed by atoms with E-state index >= 15 is 0 Å². The summed E-state index contributed by atoms with van der Waals surface area (Å²) in [6.07, 6.45) is 0. The number of nitrogens with zero attached hydrogens (tertiary/aromatic N) is 2. The summed E-state index contributed by atoms with van der Waals surface area (Å²) in [5.41, 5.74) is 5.58. The van der Waals surface area contributed by atoms with Crippen molar-refractivity contribution in [1.29, 1.82) is 0 Å². The molecule has 5 nitrogen and oxygen atoms in total. The van der Waals surface area contributed by atoms with Gasteiger partial charge < -0.3 is 5.73 Å². The Morgan fingerprint density at radius 3 is 2.28 bits per heavy atom. The monoisotopic (exact) mass is 292 g/mol. The van der Waals surface area contributed by atoms with Gasteiger partial charge >= 0.3 is 0 Å². The second-order valence-corrected chi connectivity index (χ2v) is 6.44. The molecule has 0 saturated heterocycles. The molecule has 0 aliphatic carbocycles. The number of hydrogen-bond acceptors (Lipinski definition) is 5. The van der Waals surface area contributed by atoms with Gasteiger partial charge in [0.25, 0.3) is 0 Å². The standard InChI is InChI=1S/C11H20N4OS.ClH/c1-6(2)9-14-15-10(17-9)13-8(16)7(12)11(3,4)5;/h6-7H,12H2,1-5H3,(H,13,15,16);1H/t7-;/m1./s1. The minimum Gasteiger partial charge on any atom is -0.319 e. The number of anilines is 1. The van der Waals surface area contributed by atoms with Crippen molar-refractivity contribution >= 4 is 34.8 Å². The number of nitrogens with two attached hydrogens (primary N) is 1. The Balaban J connectivity index is 0.00000289. The van der Waals surface area contributed by atoms with Crippen molar-refractivity contribution in [3.8, 4) is 0 Å². The fourth-order valence-electron chi connectivity index (χ4n) is 1.09. The van der Waals surface area contributed by atoms with Gasteiger partial charge in [-0.1, -0.05) is 46.0 Å². The van der Waals surface area contributed by atoms with Crippen molar-refractivity contribution in [1.82, 2.24) is 10.2 Å². The SMILES string of the molecule is CC(C)c1nnc(NC(=O)[C@@H](N)C(C)(C)C)s1.Cl. The summed E-state index contributed by atoms with van der Waals surface area (Å²) >= 11 is 1.39. The number of carbonyl (C=O) groups is 1. The lowest BCUT2D eigenvalue weighted by Crippen LogP contribution is -2.45. The average Bonchev–Trinajstić information content (AvgIpc) is 2.63. The second-order valence-electron chi connectivity index (χ2n) is 5.43. The number of carbonyl (C=O) groups excluding carboxylic acids is 1. The van der Waals surface area contributed by atoms with Gasteiger partial charge in [0.1, 0.15) is 5.01 Å². The minimum absolute atomic E-state index is 0. The molecule has 1 heterocycles.